The van der Waals surface area contributed by atoms with Crippen molar-refractivity contribution in [3.8, 4) is 0 Å². The summed E-state index contributed by atoms with van der Waals surface area (Å²) in [5, 5.41) is 17.1. The van der Waals surface area contributed by atoms with E-state index in [1.54, 1.807) is 13.8 Å². The van der Waals surface area contributed by atoms with E-state index < -0.39 is 23.8 Å². The van der Waals surface area contributed by atoms with Gasteiger partial charge in [-0.15, -0.1) is 0 Å². The largest absolute Gasteiger partial charge is 0.481 e. The molecule has 0 aromatic carbocycles. The molecule has 0 fully saturated rings. The lowest BCUT2D eigenvalue weighted by Crippen LogP contribution is -2.24. The lowest BCUT2D eigenvalue weighted by Gasteiger charge is -2.17. The van der Waals surface area contributed by atoms with Crippen molar-refractivity contribution < 1.29 is 24.5 Å². The minimum atomic E-state index is -0.870. The van der Waals surface area contributed by atoms with Gasteiger partial charge in [0, 0.05) is 23.7 Å². The number of carboxylic acid groups (broad SMARTS) is 2. The second kappa shape index (κ2) is 9.50. The predicted octanol–water partition coefficient (Wildman–Crippen LogP) is 1.82. The fourth-order valence-corrected chi connectivity index (χ4v) is 1.81. The molecule has 0 spiro atoms. The number of hydrogen-bond acceptors (Lipinski definition) is 5. The molecule has 0 aromatic heterocycles. The van der Waals surface area contributed by atoms with Crippen LogP contribution in [0.25, 0.3) is 0 Å². The third kappa shape index (κ3) is 7.69. The standard InChI is InChI=1S/C12H22O5S2/c1-7(11(13)14)9(18)3-5-17-6-4-10(19)8(2)12(15)16/h7-10,18-19H,3-6H2,1-2H3,(H,13,14)(H,15,16). The van der Waals surface area contributed by atoms with Gasteiger partial charge in [0.05, 0.1) is 11.8 Å². The first-order valence-electron chi connectivity index (χ1n) is 6.16. The van der Waals surface area contributed by atoms with Crippen LogP contribution < -0.4 is 0 Å². The molecule has 0 rings (SSSR count). The summed E-state index contributed by atoms with van der Waals surface area (Å²) in [6.07, 6.45) is 1.09. The number of ether oxygens (including phenoxy) is 1. The molecule has 4 unspecified atom stereocenters. The Morgan fingerprint density at radius 3 is 1.53 bits per heavy atom. The lowest BCUT2D eigenvalue weighted by molar-refractivity contribution is -0.142. The zero-order chi connectivity index (χ0) is 15.0. The number of carboxylic acids is 2. The first-order valence-corrected chi connectivity index (χ1v) is 7.20. The summed E-state index contributed by atoms with van der Waals surface area (Å²) in [7, 11) is 0. The molecule has 112 valence electrons. The molecule has 0 aliphatic rings. The van der Waals surface area contributed by atoms with E-state index in [1.807, 2.05) is 0 Å². The first-order chi connectivity index (χ1) is 8.77. The second-order valence-corrected chi connectivity index (χ2v) is 5.90. The predicted molar refractivity (Wildman–Crippen MR) is 79.2 cm³/mol. The van der Waals surface area contributed by atoms with E-state index in [4.69, 9.17) is 14.9 Å². The SMILES string of the molecule is CC(C(=O)O)C(S)CCOCCC(S)C(C)C(=O)O. The van der Waals surface area contributed by atoms with Crippen LogP contribution in [0.5, 0.6) is 0 Å². The highest BCUT2D eigenvalue weighted by Gasteiger charge is 2.21. The van der Waals surface area contributed by atoms with Crippen LogP contribution in [0.2, 0.25) is 0 Å². The van der Waals surface area contributed by atoms with E-state index in [1.165, 1.54) is 0 Å². The van der Waals surface area contributed by atoms with Gasteiger partial charge in [0.15, 0.2) is 0 Å². The maximum absolute atomic E-state index is 10.7. The summed E-state index contributed by atoms with van der Waals surface area (Å²) in [6, 6.07) is 0. The van der Waals surface area contributed by atoms with Gasteiger partial charge in [-0.2, -0.15) is 25.3 Å². The van der Waals surface area contributed by atoms with Crippen LogP contribution in [-0.4, -0.2) is 45.9 Å². The molecule has 19 heavy (non-hydrogen) atoms. The van der Waals surface area contributed by atoms with Gasteiger partial charge in [-0.05, 0) is 12.8 Å². The molecule has 0 aromatic rings. The Morgan fingerprint density at radius 1 is 0.947 bits per heavy atom. The van der Waals surface area contributed by atoms with Crippen molar-refractivity contribution in [2.45, 2.75) is 37.2 Å². The summed E-state index contributed by atoms with van der Waals surface area (Å²) < 4.78 is 5.35. The number of rotatable bonds is 10. The monoisotopic (exact) mass is 310 g/mol. The Bertz CT molecular complexity index is 270. The Hall–Kier alpha value is -0.400. The van der Waals surface area contributed by atoms with E-state index in [2.05, 4.69) is 25.3 Å². The molecule has 0 saturated carbocycles. The molecule has 0 aliphatic carbocycles. The molecule has 0 saturated heterocycles. The van der Waals surface area contributed by atoms with Crippen molar-refractivity contribution >= 4 is 37.2 Å². The fourth-order valence-electron chi connectivity index (χ4n) is 1.34. The van der Waals surface area contributed by atoms with Gasteiger partial charge in [-0.25, -0.2) is 0 Å². The number of thiol groups is 2. The topological polar surface area (TPSA) is 83.8 Å². The minimum absolute atomic E-state index is 0.248. The zero-order valence-electron chi connectivity index (χ0n) is 11.2. The molecule has 0 radical (unpaired) electrons. The van der Waals surface area contributed by atoms with Crippen LogP contribution in [0.3, 0.4) is 0 Å². The molecule has 5 nitrogen and oxygen atoms in total. The summed E-state index contributed by atoms with van der Waals surface area (Å²) in [5.74, 6) is -2.77. The van der Waals surface area contributed by atoms with Gasteiger partial charge >= 0.3 is 11.9 Å². The Labute approximate surface area is 124 Å². The summed E-state index contributed by atoms with van der Waals surface area (Å²) in [6.45, 7) is 4.04. The van der Waals surface area contributed by atoms with Gasteiger partial charge in [0.25, 0.3) is 0 Å². The van der Waals surface area contributed by atoms with E-state index in [0.29, 0.717) is 26.1 Å². The van der Waals surface area contributed by atoms with Gasteiger partial charge in [-0.3, -0.25) is 9.59 Å². The quantitative estimate of drug-likeness (QED) is 0.365. The van der Waals surface area contributed by atoms with E-state index in [9.17, 15) is 9.59 Å². The smallest absolute Gasteiger partial charge is 0.307 e. The minimum Gasteiger partial charge on any atom is -0.481 e. The summed E-state index contributed by atoms with van der Waals surface area (Å²) in [5.41, 5.74) is 0. The maximum Gasteiger partial charge on any atom is 0.307 e. The first kappa shape index (κ1) is 18.6. The third-order valence-corrected chi connectivity index (χ3v) is 4.46. The third-order valence-electron chi connectivity index (χ3n) is 3.05. The van der Waals surface area contributed by atoms with Gasteiger partial charge in [0.1, 0.15) is 0 Å². The van der Waals surface area contributed by atoms with E-state index in [-0.39, 0.29) is 10.5 Å². The zero-order valence-corrected chi connectivity index (χ0v) is 12.9. The number of carbonyl (C=O) groups is 2. The molecule has 0 amide bonds. The summed E-state index contributed by atoms with van der Waals surface area (Å²) >= 11 is 8.43. The lowest BCUT2D eigenvalue weighted by atomic mass is 10.1. The molecule has 7 heteroatoms. The average molecular weight is 310 g/mol. The van der Waals surface area contributed by atoms with Crippen LogP contribution in [0.15, 0.2) is 0 Å². The van der Waals surface area contributed by atoms with Crippen molar-refractivity contribution in [1.29, 1.82) is 0 Å². The normalized spacial score (nSPS) is 17.5. The van der Waals surface area contributed by atoms with Crippen molar-refractivity contribution in [1.82, 2.24) is 0 Å². The second-order valence-electron chi connectivity index (χ2n) is 4.58. The van der Waals surface area contributed by atoms with Crippen molar-refractivity contribution in [2.24, 2.45) is 11.8 Å². The average Bonchev–Trinajstić information content (AvgIpc) is 2.35. The van der Waals surface area contributed by atoms with Crippen LogP contribution in [0.4, 0.5) is 0 Å². The maximum atomic E-state index is 10.7. The van der Waals surface area contributed by atoms with Crippen LogP contribution in [-0.2, 0) is 14.3 Å². The highest BCUT2D eigenvalue weighted by atomic mass is 32.1. The number of hydrogen-bond donors (Lipinski definition) is 4. The molecule has 0 aliphatic heterocycles. The highest BCUT2D eigenvalue weighted by molar-refractivity contribution is 7.81. The van der Waals surface area contributed by atoms with Crippen LogP contribution in [0, 0.1) is 11.8 Å². The van der Waals surface area contributed by atoms with Crippen LogP contribution >= 0.6 is 25.3 Å². The van der Waals surface area contributed by atoms with Crippen molar-refractivity contribution in [3.05, 3.63) is 0 Å². The van der Waals surface area contributed by atoms with E-state index >= 15 is 0 Å². The van der Waals surface area contributed by atoms with Gasteiger partial charge in [-0.1, -0.05) is 13.8 Å². The fraction of sp³-hybridized carbons (Fsp3) is 0.833. The molecule has 0 heterocycles. The van der Waals surface area contributed by atoms with Gasteiger partial charge in [0.2, 0.25) is 0 Å². The summed E-state index contributed by atoms with van der Waals surface area (Å²) in [4.78, 5) is 21.4. The number of aliphatic carboxylic acids is 2. The molecule has 2 N–H and O–H groups in total. The molecule has 4 atom stereocenters. The molecule has 0 bridgehead atoms. The molecular formula is C12H22O5S2. The Kier molecular flexibility index (Phi) is 9.30. The molecular weight excluding hydrogens is 288 g/mol. The highest BCUT2D eigenvalue weighted by Crippen LogP contribution is 2.16. The Morgan fingerprint density at radius 2 is 1.26 bits per heavy atom. The van der Waals surface area contributed by atoms with Crippen molar-refractivity contribution in [3.63, 3.8) is 0 Å². The van der Waals surface area contributed by atoms with Crippen molar-refractivity contribution in [2.75, 3.05) is 13.2 Å². The van der Waals surface area contributed by atoms with Gasteiger partial charge < -0.3 is 14.9 Å². The Balaban J connectivity index is 3.71. The van der Waals surface area contributed by atoms with E-state index in [0.717, 1.165) is 0 Å². The van der Waals surface area contributed by atoms with Crippen LogP contribution in [0.1, 0.15) is 26.7 Å².